The highest BCUT2D eigenvalue weighted by Gasteiger charge is 2.05. The molecule has 1 aliphatic heterocycles. The molecule has 0 radical (unpaired) electrons. The van der Waals surface area contributed by atoms with Gasteiger partial charge in [-0.25, -0.2) is 9.97 Å². The Balaban J connectivity index is 0.000000125. The third-order valence-electron chi connectivity index (χ3n) is 2.20. The molecule has 0 spiro atoms. The maximum Gasteiger partial charge on any atom is 0.141 e. The van der Waals surface area contributed by atoms with Crippen molar-refractivity contribution >= 4 is 5.82 Å². The SMILES string of the molecule is Nc1cnccn1.c1cn2c(n1)CNCC2. The van der Waals surface area contributed by atoms with Crippen LogP contribution in [0.15, 0.2) is 31.0 Å². The second-order valence-corrected chi connectivity index (χ2v) is 3.34. The molecular formula is C10H14N6. The molecular weight excluding hydrogens is 204 g/mol. The molecule has 0 aromatic carbocycles. The van der Waals surface area contributed by atoms with Gasteiger partial charge in [-0.1, -0.05) is 0 Å². The summed E-state index contributed by atoms with van der Waals surface area (Å²) in [6, 6.07) is 0. The third kappa shape index (κ3) is 2.77. The van der Waals surface area contributed by atoms with Gasteiger partial charge in [-0.3, -0.25) is 4.98 Å². The van der Waals surface area contributed by atoms with E-state index in [0.29, 0.717) is 5.82 Å². The number of nitrogen functional groups attached to an aromatic ring is 1. The summed E-state index contributed by atoms with van der Waals surface area (Å²) in [4.78, 5) is 11.5. The molecule has 0 saturated carbocycles. The van der Waals surface area contributed by atoms with Gasteiger partial charge in [-0.05, 0) is 0 Å². The summed E-state index contributed by atoms with van der Waals surface area (Å²) in [6.45, 7) is 3.06. The van der Waals surface area contributed by atoms with E-state index in [2.05, 4.69) is 24.8 Å². The van der Waals surface area contributed by atoms with E-state index >= 15 is 0 Å². The Bertz CT molecular complexity index is 403. The summed E-state index contributed by atoms with van der Waals surface area (Å²) in [5, 5.41) is 3.24. The molecule has 2 aromatic heterocycles. The Morgan fingerprint density at radius 3 is 2.81 bits per heavy atom. The second-order valence-electron chi connectivity index (χ2n) is 3.34. The van der Waals surface area contributed by atoms with Crippen molar-refractivity contribution in [1.29, 1.82) is 0 Å². The zero-order valence-electron chi connectivity index (χ0n) is 8.87. The van der Waals surface area contributed by atoms with E-state index in [-0.39, 0.29) is 0 Å². The fraction of sp³-hybridized carbons (Fsp3) is 0.300. The molecule has 6 heteroatoms. The summed E-state index contributed by atoms with van der Waals surface area (Å²) in [5.41, 5.74) is 5.18. The van der Waals surface area contributed by atoms with E-state index in [0.717, 1.165) is 25.5 Å². The van der Waals surface area contributed by atoms with Gasteiger partial charge in [0.2, 0.25) is 0 Å². The first-order valence-corrected chi connectivity index (χ1v) is 5.08. The Morgan fingerprint density at radius 2 is 2.19 bits per heavy atom. The molecule has 0 amide bonds. The molecule has 84 valence electrons. The van der Waals surface area contributed by atoms with Crippen LogP contribution in [-0.4, -0.2) is 26.1 Å². The highest BCUT2D eigenvalue weighted by atomic mass is 15.1. The predicted molar refractivity (Wildman–Crippen MR) is 60.4 cm³/mol. The second kappa shape index (κ2) is 5.22. The number of imidazole rings is 1. The first kappa shape index (κ1) is 10.6. The fourth-order valence-corrected chi connectivity index (χ4v) is 1.42. The van der Waals surface area contributed by atoms with Crippen molar-refractivity contribution < 1.29 is 0 Å². The topological polar surface area (TPSA) is 81.7 Å². The fourth-order valence-electron chi connectivity index (χ4n) is 1.42. The average molecular weight is 218 g/mol. The number of nitrogens with two attached hydrogens (primary N) is 1. The van der Waals surface area contributed by atoms with Crippen molar-refractivity contribution in [3.63, 3.8) is 0 Å². The number of nitrogens with one attached hydrogen (secondary N) is 1. The summed E-state index contributed by atoms with van der Waals surface area (Å²) in [6.07, 6.45) is 8.50. The standard InChI is InChI=1S/C6H9N3.C4H5N3/c1-3-9-4-2-8-6(9)5-7-1;5-4-3-6-1-2-7-4/h2,4,7H,1,3,5H2;1-3H,(H2,5,7). The van der Waals surface area contributed by atoms with Crippen LogP contribution in [0.25, 0.3) is 0 Å². The van der Waals surface area contributed by atoms with E-state index in [1.165, 1.54) is 6.20 Å². The maximum absolute atomic E-state index is 5.18. The number of anilines is 1. The first-order valence-electron chi connectivity index (χ1n) is 5.08. The highest BCUT2D eigenvalue weighted by Crippen LogP contribution is 1.99. The Hall–Kier alpha value is -1.95. The van der Waals surface area contributed by atoms with E-state index in [1.807, 2.05) is 12.4 Å². The first-order chi connectivity index (χ1) is 7.86. The van der Waals surface area contributed by atoms with Gasteiger partial charge >= 0.3 is 0 Å². The molecule has 0 bridgehead atoms. The van der Waals surface area contributed by atoms with Crippen LogP contribution in [0.4, 0.5) is 5.82 Å². The van der Waals surface area contributed by atoms with Gasteiger partial charge in [0.15, 0.2) is 0 Å². The van der Waals surface area contributed by atoms with Crippen LogP contribution in [-0.2, 0) is 13.1 Å². The zero-order chi connectivity index (χ0) is 11.2. The Kier molecular flexibility index (Phi) is 3.45. The van der Waals surface area contributed by atoms with Crippen molar-refractivity contribution in [3.05, 3.63) is 36.8 Å². The quantitative estimate of drug-likeness (QED) is 0.652. The third-order valence-corrected chi connectivity index (χ3v) is 2.20. The van der Waals surface area contributed by atoms with Crippen LogP contribution < -0.4 is 11.1 Å². The van der Waals surface area contributed by atoms with Crippen molar-refractivity contribution in [2.45, 2.75) is 13.1 Å². The summed E-state index contributed by atoms with van der Waals surface area (Å²) >= 11 is 0. The number of hydrogen-bond acceptors (Lipinski definition) is 5. The highest BCUT2D eigenvalue weighted by molar-refractivity contribution is 5.20. The normalized spacial score (nSPS) is 13.5. The minimum atomic E-state index is 0.461. The van der Waals surface area contributed by atoms with Crippen molar-refractivity contribution in [3.8, 4) is 0 Å². The molecule has 6 nitrogen and oxygen atoms in total. The molecule has 0 aliphatic carbocycles. The number of rotatable bonds is 0. The van der Waals surface area contributed by atoms with Crippen molar-refractivity contribution in [1.82, 2.24) is 24.8 Å². The monoisotopic (exact) mass is 218 g/mol. The van der Waals surface area contributed by atoms with Crippen LogP contribution in [0.2, 0.25) is 0 Å². The van der Waals surface area contributed by atoms with Gasteiger partial charge in [-0.2, -0.15) is 0 Å². The van der Waals surface area contributed by atoms with E-state index < -0.39 is 0 Å². The molecule has 3 heterocycles. The molecule has 0 unspecified atom stereocenters. The van der Waals surface area contributed by atoms with E-state index in [4.69, 9.17) is 5.73 Å². The molecule has 1 aliphatic rings. The van der Waals surface area contributed by atoms with Gasteiger partial charge in [0.25, 0.3) is 0 Å². The number of nitrogens with zero attached hydrogens (tertiary/aromatic N) is 4. The largest absolute Gasteiger partial charge is 0.382 e. The van der Waals surface area contributed by atoms with Crippen LogP contribution in [0.5, 0.6) is 0 Å². The van der Waals surface area contributed by atoms with E-state index in [9.17, 15) is 0 Å². The molecule has 3 N–H and O–H groups in total. The van der Waals surface area contributed by atoms with Crippen molar-refractivity contribution in [2.24, 2.45) is 0 Å². The minimum absolute atomic E-state index is 0.461. The van der Waals surface area contributed by atoms with Gasteiger partial charge in [0.05, 0.1) is 12.7 Å². The molecule has 0 atom stereocenters. The van der Waals surface area contributed by atoms with Gasteiger partial charge in [0.1, 0.15) is 11.6 Å². The van der Waals surface area contributed by atoms with Crippen LogP contribution in [0, 0.1) is 0 Å². The van der Waals surface area contributed by atoms with Crippen LogP contribution >= 0.6 is 0 Å². The zero-order valence-corrected chi connectivity index (χ0v) is 8.87. The van der Waals surface area contributed by atoms with Crippen LogP contribution in [0.3, 0.4) is 0 Å². The number of hydrogen-bond donors (Lipinski definition) is 2. The smallest absolute Gasteiger partial charge is 0.141 e. The molecule has 0 saturated heterocycles. The lowest BCUT2D eigenvalue weighted by Gasteiger charge is -2.13. The van der Waals surface area contributed by atoms with Crippen LogP contribution in [0.1, 0.15) is 5.82 Å². The maximum atomic E-state index is 5.18. The lowest BCUT2D eigenvalue weighted by molar-refractivity contribution is 0.505. The number of fused-ring (bicyclic) bond motifs is 1. The van der Waals surface area contributed by atoms with Gasteiger partial charge in [-0.15, -0.1) is 0 Å². The lowest BCUT2D eigenvalue weighted by Crippen LogP contribution is -2.27. The summed E-state index contributed by atoms with van der Waals surface area (Å²) in [5.74, 6) is 1.61. The van der Waals surface area contributed by atoms with E-state index in [1.54, 1.807) is 12.4 Å². The molecule has 0 fully saturated rings. The molecule has 2 aromatic rings. The summed E-state index contributed by atoms with van der Waals surface area (Å²) in [7, 11) is 0. The summed E-state index contributed by atoms with van der Waals surface area (Å²) < 4.78 is 2.18. The predicted octanol–water partition coefficient (Wildman–Crippen LogP) is 0.0451. The minimum Gasteiger partial charge on any atom is -0.382 e. The van der Waals surface area contributed by atoms with Gasteiger partial charge in [0, 0.05) is 37.9 Å². The number of aromatic nitrogens is 4. The van der Waals surface area contributed by atoms with Crippen molar-refractivity contribution in [2.75, 3.05) is 12.3 Å². The molecule has 3 rings (SSSR count). The lowest BCUT2D eigenvalue weighted by atomic mass is 10.4. The molecule has 16 heavy (non-hydrogen) atoms. The Morgan fingerprint density at radius 1 is 1.25 bits per heavy atom. The average Bonchev–Trinajstić information content (AvgIpc) is 2.79. The Labute approximate surface area is 93.6 Å². The van der Waals surface area contributed by atoms with Gasteiger partial charge < -0.3 is 15.6 Å².